The standard InChI is InChI=1S/C14H13Cl2NO2S/c1-8-4-5-20-13(8)12(18)7-17-14(19)9-2-3-10(15)11(16)6-9/h2-6,12,18H,7H2,1H3,(H,17,19)/t12-/m0/s1. The molecule has 1 atom stereocenters. The largest absolute Gasteiger partial charge is 0.386 e. The van der Waals surface area contributed by atoms with Gasteiger partial charge >= 0.3 is 0 Å². The molecule has 0 radical (unpaired) electrons. The molecule has 0 unspecified atom stereocenters. The summed E-state index contributed by atoms with van der Waals surface area (Å²) in [4.78, 5) is 12.8. The third kappa shape index (κ3) is 3.52. The molecule has 0 saturated heterocycles. The lowest BCUT2D eigenvalue weighted by Gasteiger charge is -2.12. The van der Waals surface area contributed by atoms with Crippen molar-refractivity contribution in [2.45, 2.75) is 13.0 Å². The predicted molar refractivity (Wildman–Crippen MR) is 82.8 cm³/mol. The number of halogens is 2. The molecule has 0 saturated carbocycles. The maximum Gasteiger partial charge on any atom is 0.251 e. The molecular formula is C14H13Cl2NO2S. The van der Waals surface area contributed by atoms with Crippen molar-refractivity contribution in [3.05, 3.63) is 55.7 Å². The van der Waals surface area contributed by atoms with Crippen molar-refractivity contribution >= 4 is 40.4 Å². The molecule has 0 aliphatic rings. The second kappa shape index (κ2) is 6.59. The minimum absolute atomic E-state index is 0.153. The molecule has 0 fully saturated rings. The molecular weight excluding hydrogens is 317 g/mol. The van der Waals surface area contributed by atoms with Crippen LogP contribution in [0.5, 0.6) is 0 Å². The summed E-state index contributed by atoms with van der Waals surface area (Å²) in [7, 11) is 0. The zero-order valence-corrected chi connectivity index (χ0v) is 13.0. The lowest BCUT2D eigenvalue weighted by molar-refractivity contribution is 0.0917. The first-order valence-electron chi connectivity index (χ1n) is 5.94. The maximum atomic E-state index is 11.9. The molecule has 0 aliphatic heterocycles. The first kappa shape index (κ1) is 15.3. The van der Waals surface area contributed by atoms with E-state index in [9.17, 15) is 9.90 Å². The maximum absolute atomic E-state index is 11.9. The van der Waals surface area contributed by atoms with E-state index >= 15 is 0 Å². The summed E-state index contributed by atoms with van der Waals surface area (Å²) in [6.45, 7) is 2.08. The van der Waals surface area contributed by atoms with Gasteiger partial charge in [-0.3, -0.25) is 4.79 Å². The molecule has 6 heteroatoms. The second-order valence-electron chi connectivity index (χ2n) is 4.32. The summed E-state index contributed by atoms with van der Waals surface area (Å²) in [5, 5.41) is 15.3. The average Bonchev–Trinajstić information content (AvgIpc) is 2.85. The second-order valence-corrected chi connectivity index (χ2v) is 6.08. The zero-order valence-electron chi connectivity index (χ0n) is 10.7. The Hall–Kier alpha value is -1.07. The Labute approximate surface area is 131 Å². The molecule has 2 rings (SSSR count). The molecule has 1 aromatic heterocycles. The number of nitrogens with one attached hydrogen (secondary N) is 1. The molecule has 106 valence electrons. The van der Waals surface area contributed by atoms with Gasteiger partial charge in [-0.15, -0.1) is 11.3 Å². The molecule has 2 N–H and O–H groups in total. The van der Waals surface area contributed by atoms with Gasteiger partial charge in [0.2, 0.25) is 0 Å². The molecule has 1 heterocycles. The Morgan fingerprint density at radius 2 is 2.10 bits per heavy atom. The van der Waals surface area contributed by atoms with Gasteiger partial charge < -0.3 is 10.4 Å². The number of carbonyl (C=O) groups excluding carboxylic acids is 1. The van der Waals surface area contributed by atoms with Crippen LogP contribution in [0.4, 0.5) is 0 Å². The van der Waals surface area contributed by atoms with E-state index in [1.807, 2.05) is 18.4 Å². The first-order chi connectivity index (χ1) is 9.49. The van der Waals surface area contributed by atoms with Crippen LogP contribution >= 0.6 is 34.5 Å². The minimum atomic E-state index is -0.707. The van der Waals surface area contributed by atoms with E-state index in [4.69, 9.17) is 23.2 Å². The normalized spacial score (nSPS) is 12.2. The smallest absolute Gasteiger partial charge is 0.251 e. The van der Waals surface area contributed by atoms with Gasteiger partial charge in [-0.1, -0.05) is 23.2 Å². The average molecular weight is 330 g/mol. The molecule has 3 nitrogen and oxygen atoms in total. The topological polar surface area (TPSA) is 49.3 Å². The Morgan fingerprint density at radius 1 is 1.35 bits per heavy atom. The number of rotatable bonds is 4. The fraction of sp³-hybridized carbons (Fsp3) is 0.214. The summed E-state index contributed by atoms with van der Waals surface area (Å²) in [6, 6.07) is 6.59. The third-order valence-corrected chi connectivity index (χ3v) is 4.70. The van der Waals surface area contributed by atoms with Crippen LogP contribution in [0.3, 0.4) is 0 Å². The van der Waals surface area contributed by atoms with Crippen LogP contribution in [0.25, 0.3) is 0 Å². The van der Waals surface area contributed by atoms with E-state index in [0.29, 0.717) is 15.6 Å². The Balaban J connectivity index is 1.98. The molecule has 1 aromatic carbocycles. The first-order valence-corrected chi connectivity index (χ1v) is 7.58. The zero-order chi connectivity index (χ0) is 14.7. The number of amides is 1. The molecule has 0 spiro atoms. The number of aliphatic hydroxyl groups excluding tert-OH is 1. The fourth-order valence-corrected chi connectivity index (χ4v) is 2.96. The Bertz CT molecular complexity index is 627. The highest BCUT2D eigenvalue weighted by atomic mass is 35.5. The van der Waals surface area contributed by atoms with E-state index < -0.39 is 6.10 Å². The summed E-state index contributed by atoms with van der Waals surface area (Å²) in [6.07, 6.45) is -0.707. The van der Waals surface area contributed by atoms with Gasteiger partial charge in [0, 0.05) is 17.0 Å². The van der Waals surface area contributed by atoms with Crippen molar-refractivity contribution in [1.29, 1.82) is 0 Å². The van der Waals surface area contributed by atoms with Gasteiger partial charge in [-0.25, -0.2) is 0 Å². The Kier molecular flexibility index (Phi) is 5.05. The van der Waals surface area contributed by atoms with Crippen molar-refractivity contribution in [3.8, 4) is 0 Å². The van der Waals surface area contributed by atoms with Crippen LogP contribution in [0.2, 0.25) is 10.0 Å². The number of hydrogen-bond acceptors (Lipinski definition) is 3. The monoisotopic (exact) mass is 329 g/mol. The van der Waals surface area contributed by atoms with E-state index in [0.717, 1.165) is 10.4 Å². The molecule has 1 amide bonds. The SMILES string of the molecule is Cc1ccsc1[C@@H](O)CNC(=O)c1ccc(Cl)c(Cl)c1. The van der Waals surface area contributed by atoms with Gasteiger partial charge in [0.15, 0.2) is 0 Å². The summed E-state index contributed by atoms with van der Waals surface area (Å²) >= 11 is 13.1. The highest BCUT2D eigenvalue weighted by Crippen LogP contribution is 2.24. The number of thiophene rings is 1. The number of aliphatic hydroxyl groups is 1. The minimum Gasteiger partial charge on any atom is -0.386 e. The highest BCUT2D eigenvalue weighted by molar-refractivity contribution is 7.10. The van der Waals surface area contributed by atoms with Crippen molar-refractivity contribution in [2.75, 3.05) is 6.54 Å². The van der Waals surface area contributed by atoms with Crippen molar-refractivity contribution in [3.63, 3.8) is 0 Å². The molecule has 20 heavy (non-hydrogen) atoms. The number of aryl methyl sites for hydroxylation is 1. The quantitative estimate of drug-likeness (QED) is 0.895. The van der Waals surface area contributed by atoms with Gasteiger partial charge in [0.05, 0.1) is 10.0 Å². The summed E-state index contributed by atoms with van der Waals surface area (Å²) < 4.78 is 0. The lowest BCUT2D eigenvalue weighted by atomic mass is 10.2. The highest BCUT2D eigenvalue weighted by Gasteiger charge is 2.14. The van der Waals surface area contributed by atoms with Crippen LogP contribution in [0, 0.1) is 6.92 Å². The van der Waals surface area contributed by atoms with E-state index in [-0.39, 0.29) is 12.5 Å². The van der Waals surface area contributed by atoms with Crippen LogP contribution in [0.1, 0.15) is 26.9 Å². The van der Waals surface area contributed by atoms with E-state index in [1.54, 1.807) is 12.1 Å². The van der Waals surface area contributed by atoms with Crippen molar-refractivity contribution in [1.82, 2.24) is 5.32 Å². The third-order valence-electron chi connectivity index (χ3n) is 2.84. The number of hydrogen-bond donors (Lipinski definition) is 2. The van der Waals surface area contributed by atoms with Crippen molar-refractivity contribution < 1.29 is 9.90 Å². The van der Waals surface area contributed by atoms with Crippen LogP contribution in [-0.2, 0) is 0 Å². The molecule has 2 aromatic rings. The van der Waals surface area contributed by atoms with Gasteiger partial charge in [-0.2, -0.15) is 0 Å². The predicted octanol–water partition coefficient (Wildman–Crippen LogP) is 3.83. The fourth-order valence-electron chi connectivity index (χ4n) is 1.75. The van der Waals surface area contributed by atoms with Gasteiger partial charge in [0.25, 0.3) is 5.91 Å². The molecule has 0 bridgehead atoms. The number of benzene rings is 1. The van der Waals surface area contributed by atoms with Crippen LogP contribution < -0.4 is 5.32 Å². The summed E-state index contributed by atoms with van der Waals surface area (Å²) in [5.41, 5.74) is 1.43. The lowest BCUT2D eigenvalue weighted by Crippen LogP contribution is -2.28. The van der Waals surface area contributed by atoms with Crippen molar-refractivity contribution in [2.24, 2.45) is 0 Å². The van der Waals surface area contributed by atoms with Gasteiger partial charge in [0.1, 0.15) is 6.10 Å². The van der Waals surface area contributed by atoms with E-state index in [1.165, 1.54) is 17.4 Å². The Morgan fingerprint density at radius 3 is 2.70 bits per heavy atom. The van der Waals surface area contributed by atoms with Crippen LogP contribution in [0.15, 0.2) is 29.6 Å². The summed E-state index contributed by atoms with van der Waals surface area (Å²) in [5.74, 6) is -0.295. The molecule has 0 aliphatic carbocycles. The van der Waals surface area contributed by atoms with Crippen LogP contribution in [-0.4, -0.2) is 17.6 Å². The number of carbonyl (C=O) groups is 1. The van der Waals surface area contributed by atoms with Gasteiger partial charge in [-0.05, 0) is 42.1 Å². The van der Waals surface area contributed by atoms with E-state index in [2.05, 4.69) is 5.32 Å².